The Morgan fingerprint density at radius 3 is 1.13 bits per heavy atom. The molecule has 0 aliphatic carbocycles. The summed E-state index contributed by atoms with van der Waals surface area (Å²) in [6.45, 7) is 4.37. The summed E-state index contributed by atoms with van der Waals surface area (Å²) >= 11 is 0. The predicted molar refractivity (Wildman–Crippen MR) is 128 cm³/mol. The van der Waals surface area contributed by atoms with Crippen LogP contribution in [0.25, 0.3) is 0 Å². The smallest absolute Gasteiger partial charge is 0.303 e. The molecule has 0 rings (SSSR count). The van der Waals surface area contributed by atoms with Crippen molar-refractivity contribution in [1.82, 2.24) is 0 Å². The fourth-order valence-corrected chi connectivity index (χ4v) is 2.94. The monoisotopic (exact) mass is 488 g/mol. The van der Waals surface area contributed by atoms with Gasteiger partial charge >= 0.3 is 11.9 Å². The molecule has 0 heterocycles. The second kappa shape index (κ2) is 31.2. The normalized spacial score (nSPS) is 10.6. The molecule has 0 aromatic rings. The first-order valence-electron chi connectivity index (χ1n) is 12.3. The maximum Gasteiger partial charge on any atom is 0.303 e. The van der Waals surface area contributed by atoms with E-state index < -0.39 is 11.9 Å². The Morgan fingerprint density at radius 1 is 0.516 bits per heavy atom. The number of aliphatic carboxylic acids is 2. The third-order valence-electron chi connectivity index (χ3n) is 4.77. The molecule has 178 valence electrons. The summed E-state index contributed by atoms with van der Waals surface area (Å²) < 4.78 is 0. The summed E-state index contributed by atoms with van der Waals surface area (Å²) in [5, 5.41) is 16.9. The number of carboxylic acids is 2. The number of carboxylic acid groups (broad SMARTS) is 2. The Balaban J connectivity index is -0.000000490. The number of carbonyl (C=O) groups is 2. The Bertz CT molecular complexity index is 393. The fraction of sp³-hybridized carbons (Fsp3) is 0.769. The minimum absolute atomic E-state index is 0. The molecule has 0 aromatic heterocycles. The molecular formula is C26H48O4Zn. The van der Waals surface area contributed by atoms with Crippen molar-refractivity contribution in [2.75, 3.05) is 0 Å². The molecule has 0 aliphatic rings. The van der Waals surface area contributed by atoms with Crippen molar-refractivity contribution in [3.8, 4) is 0 Å². The van der Waals surface area contributed by atoms with Crippen LogP contribution in [0.3, 0.4) is 0 Å². The van der Waals surface area contributed by atoms with Crippen LogP contribution in [0.15, 0.2) is 24.3 Å². The van der Waals surface area contributed by atoms with Gasteiger partial charge in [-0.1, -0.05) is 89.5 Å². The van der Waals surface area contributed by atoms with Gasteiger partial charge in [-0.25, -0.2) is 0 Å². The zero-order chi connectivity index (χ0) is 22.7. The molecule has 4 nitrogen and oxygen atoms in total. The van der Waals surface area contributed by atoms with Gasteiger partial charge in [-0.3, -0.25) is 9.59 Å². The molecule has 0 unspecified atom stereocenters. The average molecular weight is 490 g/mol. The van der Waals surface area contributed by atoms with Crippen LogP contribution in [0.1, 0.15) is 129 Å². The van der Waals surface area contributed by atoms with E-state index in [1.807, 2.05) is 0 Å². The zero-order valence-corrected chi connectivity index (χ0v) is 23.4. The Kier molecular flexibility index (Phi) is 34.9. The molecule has 0 saturated heterocycles. The van der Waals surface area contributed by atoms with Gasteiger partial charge in [-0.2, -0.15) is 0 Å². The van der Waals surface area contributed by atoms with Crippen molar-refractivity contribution in [1.29, 1.82) is 0 Å². The van der Waals surface area contributed by atoms with E-state index in [9.17, 15) is 9.59 Å². The van der Waals surface area contributed by atoms with E-state index in [4.69, 9.17) is 10.2 Å². The molecular weight excluding hydrogens is 442 g/mol. The number of unbranched alkanes of at least 4 members (excludes halogenated alkanes) is 12. The van der Waals surface area contributed by atoms with Gasteiger partial charge in [0.15, 0.2) is 0 Å². The van der Waals surface area contributed by atoms with Crippen LogP contribution >= 0.6 is 0 Å². The van der Waals surface area contributed by atoms with E-state index in [2.05, 4.69) is 38.2 Å². The summed E-state index contributed by atoms with van der Waals surface area (Å²) in [6.07, 6.45) is 28.0. The van der Waals surface area contributed by atoms with Crippen molar-refractivity contribution in [2.24, 2.45) is 0 Å². The summed E-state index contributed by atoms with van der Waals surface area (Å²) in [5.74, 6) is -1.34. The second-order valence-electron chi connectivity index (χ2n) is 7.92. The van der Waals surface area contributed by atoms with E-state index in [1.165, 1.54) is 77.0 Å². The zero-order valence-electron chi connectivity index (χ0n) is 20.5. The van der Waals surface area contributed by atoms with Gasteiger partial charge in [-0.15, -0.1) is 0 Å². The molecule has 0 aliphatic heterocycles. The predicted octanol–water partition coefficient (Wildman–Crippen LogP) is 8.31. The van der Waals surface area contributed by atoms with E-state index in [1.54, 1.807) is 0 Å². The Hall–Kier alpha value is -0.957. The summed E-state index contributed by atoms with van der Waals surface area (Å²) in [4.78, 5) is 20.5. The minimum Gasteiger partial charge on any atom is -0.481 e. The van der Waals surface area contributed by atoms with E-state index in [0.29, 0.717) is 12.8 Å². The van der Waals surface area contributed by atoms with Crippen LogP contribution in [0.5, 0.6) is 0 Å². The third kappa shape index (κ3) is 40.0. The average Bonchev–Trinajstić information content (AvgIpc) is 2.71. The van der Waals surface area contributed by atoms with Crippen molar-refractivity contribution in [3.63, 3.8) is 0 Å². The summed E-state index contributed by atoms with van der Waals surface area (Å²) in [7, 11) is 0. The van der Waals surface area contributed by atoms with Crippen LogP contribution in [0.4, 0.5) is 0 Å². The largest absolute Gasteiger partial charge is 0.481 e. The molecule has 31 heavy (non-hydrogen) atoms. The standard InChI is InChI=1S/2C13H24O2.Zn/c2*1-2-3-4-5-6-7-8-9-10-11-12-13(14)15;/h2*4-5H,2-3,6-12H2,1H3,(H,14,15);. The maximum atomic E-state index is 10.2. The van der Waals surface area contributed by atoms with Crippen molar-refractivity contribution in [2.45, 2.75) is 129 Å². The second-order valence-corrected chi connectivity index (χ2v) is 7.92. The van der Waals surface area contributed by atoms with Gasteiger partial charge in [0, 0.05) is 32.3 Å². The number of rotatable bonds is 20. The van der Waals surface area contributed by atoms with Crippen molar-refractivity contribution in [3.05, 3.63) is 24.3 Å². The first-order chi connectivity index (χ1) is 14.5. The van der Waals surface area contributed by atoms with Gasteiger partial charge in [0.05, 0.1) is 0 Å². The van der Waals surface area contributed by atoms with Gasteiger partial charge in [0.25, 0.3) is 0 Å². The molecule has 0 radical (unpaired) electrons. The van der Waals surface area contributed by atoms with Crippen molar-refractivity contribution >= 4 is 11.9 Å². The summed E-state index contributed by atoms with van der Waals surface area (Å²) in [5.41, 5.74) is 0. The van der Waals surface area contributed by atoms with E-state index in [-0.39, 0.29) is 19.5 Å². The summed E-state index contributed by atoms with van der Waals surface area (Å²) in [6, 6.07) is 0. The Morgan fingerprint density at radius 2 is 0.806 bits per heavy atom. The molecule has 2 N–H and O–H groups in total. The topological polar surface area (TPSA) is 74.6 Å². The molecule has 0 atom stereocenters. The number of allylic oxidation sites excluding steroid dienone is 4. The van der Waals surface area contributed by atoms with Crippen LogP contribution < -0.4 is 0 Å². The number of hydrogen-bond acceptors (Lipinski definition) is 2. The fourth-order valence-electron chi connectivity index (χ4n) is 2.94. The van der Waals surface area contributed by atoms with Crippen LogP contribution in [-0.4, -0.2) is 22.2 Å². The molecule has 0 bridgehead atoms. The SMILES string of the molecule is CCCC=CCCCCCCCC(=O)O.CCCC=CCCCCCCCC(=O)O.[Zn]. The van der Waals surface area contributed by atoms with Crippen LogP contribution in [-0.2, 0) is 29.1 Å². The van der Waals surface area contributed by atoms with Gasteiger partial charge in [0.1, 0.15) is 0 Å². The van der Waals surface area contributed by atoms with E-state index in [0.717, 1.165) is 25.7 Å². The molecule has 5 heteroatoms. The molecule has 0 fully saturated rings. The molecule has 0 aromatic carbocycles. The Labute approximate surface area is 204 Å². The minimum atomic E-state index is -0.669. The third-order valence-corrected chi connectivity index (χ3v) is 4.77. The van der Waals surface area contributed by atoms with Gasteiger partial charge in [-0.05, 0) is 51.4 Å². The molecule has 0 spiro atoms. The van der Waals surface area contributed by atoms with Crippen LogP contribution in [0.2, 0.25) is 0 Å². The van der Waals surface area contributed by atoms with Crippen LogP contribution in [0, 0.1) is 0 Å². The number of hydrogen-bond donors (Lipinski definition) is 2. The van der Waals surface area contributed by atoms with Crippen molar-refractivity contribution < 1.29 is 39.3 Å². The maximum absolute atomic E-state index is 10.2. The van der Waals surface area contributed by atoms with Gasteiger partial charge < -0.3 is 10.2 Å². The molecule has 0 amide bonds. The van der Waals surface area contributed by atoms with Gasteiger partial charge in [0.2, 0.25) is 0 Å². The van der Waals surface area contributed by atoms with E-state index >= 15 is 0 Å². The first kappa shape index (κ1) is 34.7. The molecule has 0 saturated carbocycles. The quantitative estimate of drug-likeness (QED) is 0.102. The first-order valence-corrected chi connectivity index (χ1v) is 12.3.